The molecule has 0 fully saturated rings. The number of carbonyl (C=O) groups is 1. The van der Waals surface area contributed by atoms with Crippen molar-refractivity contribution >= 4 is 36.3 Å². The molecule has 3 aromatic carbocycles. The lowest BCUT2D eigenvalue weighted by atomic mass is 10.1. The minimum Gasteiger partial charge on any atom is -0.497 e. The number of halogens is 1. The van der Waals surface area contributed by atoms with Crippen LogP contribution in [-0.2, 0) is 42.3 Å². The minimum absolute atomic E-state index is 0.100. The molecule has 0 amide bonds. The Labute approximate surface area is 245 Å². The second-order valence-corrected chi connectivity index (χ2v) is 11.4. The van der Waals surface area contributed by atoms with Crippen LogP contribution < -0.4 is 9.47 Å². The summed E-state index contributed by atoms with van der Waals surface area (Å²) in [6.07, 6.45) is 0.593. The van der Waals surface area contributed by atoms with Crippen molar-refractivity contribution in [2.24, 2.45) is 0 Å². The third kappa shape index (κ3) is 8.00. The van der Waals surface area contributed by atoms with Crippen molar-refractivity contribution in [1.82, 2.24) is 4.57 Å². The van der Waals surface area contributed by atoms with Crippen LogP contribution in [-0.4, -0.2) is 37.5 Å². The Balaban J connectivity index is 1.45. The highest BCUT2D eigenvalue weighted by molar-refractivity contribution is 7.48. The van der Waals surface area contributed by atoms with E-state index in [9.17, 15) is 9.36 Å². The maximum Gasteiger partial charge on any atom is 0.474 e. The number of rotatable bonds is 14. The fraction of sp³-hybridized carbons (Fsp3) is 0.323. The van der Waals surface area contributed by atoms with Crippen molar-refractivity contribution in [1.29, 1.82) is 0 Å². The van der Waals surface area contributed by atoms with E-state index in [1.54, 1.807) is 33.1 Å². The first-order valence-electron chi connectivity index (χ1n) is 13.5. The molecule has 0 radical (unpaired) electrons. The molecule has 218 valence electrons. The number of benzene rings is 3. The third-order valence-electron chi connectivity index (χ3n) is 6.61. The molecular weight excluding hydrogens is 565 g/mol. The molecule has 10 heteroatoms. The fourth-order valence-electron chi connectivity index (χ4n) is 4.60. The van der Waals surface area contributed by atoms with Gasteiger partial charge in [0.2, 0.25) is 0 Å². The van der Waals surface area contributed by atoms with Gasteiger partial charge in [-0.3, -0.25) is 18.4 Å². The zero-order valence-electron chi connectivity index (χ0n) is 23.7. The maximum atomic E-state index is 13.1. The van der Waals surface area contributed by atoms with Gasteiger partial charge in [-0.1, -0.05) is 35.9 Å². The number of ether oxygens (including phenoxy) is 2. The van der Waals surface area contributed by atoms with E-state index in [-0.39, 0.29) is 32.2 Å². The van der Waals surface area contributed by atoms with Gasteiger partial charge in [0.25, 0.3) is 0 Å². The highest BCUT2D eigenvalue weighted by atomic mass is 35.5. The summed E-state index contributed by atoms with van der Waals surface area (Å²) in [6.45, 7) is 6.73. The highest BCUT2D eigenvalue weighted by Gasteiger charge is 2.25. The monoisotopic (exact) mass is 599 g/mol. The van der Waals surface area contributed by atoms with Crippen molar-refractivity contribution in [3.8, 4) is 11.5 Å². The average molecular weight is 600 g/mol. The molecule has 0 spiro atoms. The van der Waals surface area contributed by atoms with E-state index in [2.05, 4.69) is 4.57 Å². The summed E-state index contributed by atoms with van der Waals surface area (Å²) in [5, 5.41) is 1.63. The van der Waals surface area contributed by atoms with E-state index >= 15 is 0 Å². The number of methoxy groups -OCH3 is 1. The van der Waals surface area contributed by atoms with Crippen molar-refractivity contribution in [2.45, 2.75) is 40.2 Å². The standard InChI is InChI=1S/C31H35ClNO7P/c1-5-37-41(35,38-6-2)39-18-17-23-9-13-26(14-10-23)40-31(34)20-28-22(3)33(21-24-7-11-25(32)12-8-24)30-16-15-27(36-4)19-29(28)30/h7-16,19H,5-6,17-18,20-21H2,1-4H3. The van der Waals surface area contributed by atoms with E-state index in [4.69, 9.17) is 34.6 Å². The summed E-state index contributed by atoms with van der Waals surface area (Å²) >= 11 is 6.07. The molecule has 0 saturated carbocycles. The molecule has 1 heterocycles. The van der Waals surface area contributed by atoms with Crippen LogP contribution in [0, 0.1) is 6.92 Å². The molecule has 4 aromatic rings. The van der Waals surface area contributed by atoms with Crippen LogP contribution >= 0.6 is 19.4 Å². The van der Waals surface area contributed by atoms with Gasteiger partial charge >= 0.3 is 13.8 Å². The molecule has 41 heavy (non-hydrogen) atoms. The van der Waals surface area contributed by atoms with Gasteiger partial charge in [0.1, 0.15) is 11.5 Å². The molecule has 0 aliphatic heterocycles. The molecule has 4 rings (SSSR count). The Morgan fingerprint density at radius 1 is 0.878 bits per heavy atom. The second kappa shape index (κ2) is 14.2. The Kier molecular flexibility index (Phi) is 10.6. The summed E-state index contributed by atoms with van der Waals surface area (Å²) in [7, 11) is -1.93. The van der Waals surface area contributed by atoms with Gasteiger partial charge < -0.3 is 14.0 Å². The summed E-state index contributed by atoms with van der Waals surface area (Å²) in [6, 6.07) is 20.8. The average Bonchev–Trinajstić information content (AvgIpc) is 3.20. The second-order valence-electron chi connectivity index (χ2n) is 9.32. The fourth-order valence-corrected chi connectivity index (χ4v) is 5.89. The Bertz CT molecular complexity index is 1510. The summed E-state index contributed by atoms with van der Waals surface area (Å²) in [5.41, 5.74) is 4.90. The summed E-state index contributed by atoms with van der Waals surface area (Å²) in [5.74, 6) is 0.787. The van der Waals surface area contributed by atoms with Gasteiger partial charge in [-0.25, -0.2) is 4.57 Å². The maximum absolute atomic E-state index is 13.1. The van der Waals surface area contributed by atoms with Crippen molar-refractivity contribution in [3.05, 3.63) is 94.1 Å². The molecule has 0 aliphatic carbocycles. The minimum atomic E-state index is -3.55. The first-order valence-corrected chi connectivity index (χ1v) is 15.3. The number of fused-ring (bicyclic) bond motifs is 1. The van der Waals surface area contributed by atoms with Crippen LogP contribution in [0.5, 0.6) is 11.5 Å². The quantitative estimate of drug-likeness (QED) is 0.0840. The Morgan fingerprint density at radius 3 is 2.15 bits per heavy atom. The Hall–Kier alpha value is -3.13. The van der Waals surface area contributed by atoms with Crippen LogP contribution in [0.3, 0.4) is 0 Å². The van der Waals surface area contributed by atoms with E-state index in [1.807, 2.05) is 61.5 Å². The molecule has 0 saturated heterocycles. The van der Waals surface area contributed by atoms with Crippen LogP contribution in [0.25, 0.3) is 10.9 Å². The zero-order chi connectivity index (χ0) is 29.4. The van der Waals surface area contributed by atoms with Crippen LogP contribution in [0.1, 0.15) is 36.2 Å². The topological polar surface area (TPSA) is 85.2 Å². The normalized spacial score (nSPS) is 11.6. The van der Waals surface area contributed by atoms with Crippen LogP contribution in [0.4, 0.5) is 0 Å². The third-order valence-corrected chi connectivity index (χ3v) is 8.51. The number of hydrogen-bond donors (Lipinski definition) is 0. The number of phosphoric ester groups is 1. The van der Waals surface area contributed by atoms with Gasteiger partial charge in [0.15, 0.2) is 0 Å². The van der Waals surface area contributed by atoms with Crippen LogP contribution in [0.15, 0.2) is 66.7 Å². The predicted octanol–water partition coefficient (Wildman–Crippen LogP) is 7.55. The van der Waals surface area contributed by atoms with Gasteiger partial charge in [0, 0.05) is 28.2 Å². The molecule has 0 N–H and O–H groups in total. The van der Waals surface area contributed by atoms with E-state index in [0.717, 1.165) is 33.3 Å². The van der Waals surface area contributed by atoms with Gasteiger partial charge in [-0.2, -0.15) is 0 Å². The summed E-state index contributed by atoms with van der Waals surface area (Å²) in [4.78, 5) is 13.1. The van der Waals surface area contributed by atoms with E-state index in [1.165, 1.54) is 0 Å². The lowest BCUT2D eigenvalue weighted by Gasteiger charge is -2.16. The first-order chi connectivity index (χ1) is 19.7. The molecule has 0 bridgehead atoms. The van der Waals surface area contributed by atoms with Gasteiger partial charge in [0.05, 0.1) is 33.4 Å². The van der Waals surface area contributed by atoms with Crippen LogP contribution in [0.2, 0.25) is 5.02 Å². The lowest BCUT2D eigenvalue weighted by molar-refractivity contribution is -0.133. The molecule has 0 atom stereocenters. The molecule has 8 nitrogen and oxygen atoms in total. The summed E-state index contributed by atoms with van der Waals surface area (Å²) < 4.78 is 41.5. The molecular formula is C31H35ClNO7P. The molecule has 1 aromatic heterocycles. The van der Waals surface area contributed by atoms with E-state index < -0.39 is 7.82 Å². The number of nitrogens with zero attached hydrogens (tertiary/aromatic N) is 1. The van der Waals surface area contributed by atoms with Gasteiger partial charge in [-0.15, -0.1) is 0 Å². The lowest BCUT2D eigenvalue weighted by Crippen LogP contribution is -2.12. The largest absolute Gasteiger partial charge is 0.497 e. The molecule has 0 aliphatic rings. The number of esters is 1. The van der Waals surface area contributed by atoms with Crippen molar-refractivity contribution in [2.75, 3.05) is 26.9 Å². The Morgan fingerprint density at radius 2 is 1.51 bits per heavy atom. The smallest absolute Gasteiger partial charge is 0.474 e. The number of aromatic nitrogens is 1. The zero-order valence-corrected chi connectivity index (χ0v) is 25.4. The number of phosphoric acid groups is 1. The SMILES string of the molecule is CCOP(=O)(OCC)OCCc1ccc(OC(=O)Cc2c(C)n(Cc3ccc(Cl)cc3)c3ccc(OC)cc23)cc1. The number of hydrogen-bond acceptors (Lipinski definition) is 7. The first kappa shape index (κ1) is 30.8. The predicted molar refractivity (Wildman–Crippen MR) is 160 cm³/mol. The molecule has 0 unspecified atom stereocenters. The van der Waals surface area contributed by atoms with Crippen molar-refractivity contribution in [3.63, 3.8) is 0 Å². The van der Waals surface area contributed by atoms with E-state index in [0.29, 0.717) is 29.5 Å². The number of carbonyl (C=O) groups excluding carboxylic acids is 1. The van der Waals surface area contributed by atoms with Crippen molar-refractivity contribution < 1.29 is 32.4 Å². The highest BCUT2D eigenvalue weighted by Crippen LogP contribution is 2.49. The van der Waals surface area contributed by atoms with Gasteiger partial charge in [-0.05, 0) is 86.3 Å².